The molecule has 0 spiro atoms. The average Bonchev–Trinajstić information content (AvgIpc) is 3.04. The van der Waals surface area contributed by atoms with Crippen LogP contribution in [0, 0.1) is 0 Å². The van der Waals surface area contributed by atoms with Crippen LogP contribution in [-0.2, 0) is 19.1 Å². The van der Waals surface area contributed by atoms with Gasteiger partial charge in [-0.15, -0.1) is 0 Å². The van der Waals surface area contributed by atoms with Gasteiger partial charge in [0.1, 0.15) is 0 Å². The Labute approximate surface area is 173 Å². The number of hydrogen-bond donors (Lipinski definition) is 2. The highest BCUT2D eigenvalue weighted by molar-refractivity contribution is 6.30. The van der Waals surface area contributed by atoms with Crippen molar-refractivity contribution in [3.05, 3.63) is 47.1 Å². The molecule has 2 amide bonds. The fourth-order valence-electron chi connectivity index (χ4n) is 2.37. The van der Waals surface area contributed by atoms with Crippen LogP contribution in [-0.4, -0.2) is 53.7 Å². The number of carbonyl (C=O) groups is 3. The van der Waals surface area contributed by atoms with E-state index in [1.165, 1.54) is 25.2 Å². The van der Waals surface area contributed by atoms with Crippen LogP contribution in [0.3, 0.4) is 0 Å². The Hall–Kier alpha value is -2.49. The summed E-state index contributed by atoms with van der Waals surface area (Å²) in [5.41, 5.74) is 0.127. The summed E-state index contributed by atoms with van der Waals surface area (Å²) in [4.78, 5) is 35.0. The van der Waals surface area contributed by atoms with Gasteiger partial charge < -0.3 is 15.2 Å². The van der Waals surface area contributed by atoms with E-state index < -0.39 is 30.2 Å². The Kier molecular flexibility index (Phi) is 9.22. The predicted octanol–water partition coefficient (Wildman–Crippen LogP) is 2.36. The molecule has 10 heteroatoms. The summed E-state index contributed by atoms with van der Waals surface area (Å²) < 4.78 is 24.7. The number of benzene rings is 1. The van der Waals surface area contributed by atoms with E-state index in [4.69, 9.17) is 21.1 Å². The largest absolute Gasteiger partial charge is 0.456 e. The van der Waals surface area contributed by atoms with Gasteiger partial charge in [0.25, 0.3) is 5.91 Å². The van der Waals surface area contributed by atoms with Crippen LogP contribution in [0.15, 0.2) is 36.5 Å². The van der Waals surface area contributed by atoms with E-state index in [1.54, 1.807) is 6.07 Å². The summed E-state index contributed by atoms with van der Waals surface area (Å²) in [5, 5.41) is 13.0. The summed E-state index contributed by atoms with van der Waals surface area (Å²) in [7, 11) is 1.37. The molecule has 1 fully saturated rings. The Bertz CT molecular complexity index is 762. The Morgan fingerprint density at radius 2 is 2.10 bits per heavy atom. The van der Waals surface area contributed by atoms with Gasteiger partial charge in [-0.2, -0.15) is 0 Å². The van der Waals surface area contributed by atoms with Crippen molar-refractivity contribution in [3.63, 3.8) is 0 Å². The number of nitrogens with zero attached hydrogens (tertiary/aromatic N) is 1. The van der Waals surface area contributed by atoms with Crippen molar-refractivity contribution in [3.8, 4) is 0 Å². The molecule has 0 saturated carbocycles. The average molecular weight is 431 g/mol. The molecule has 1 aliphatic rings. The molecule has 1 heterocycles. The first-order chi connectivity index (χ1) is 13.7. The lowest BCUT2D eigenvalue weighted by Gasteiger charge is -2.31. The van der Waals surface area contributed by atoms with E-state index in [0.717, 1.165) is 12.3 Å². The van der Waals surface area contributed by atoms with Gasteiger partial charge in [0.15, 0.2) is 6.61 Å². The number of nitrogens with one attached hydrogen (secondary N) is 1. The number of hydrogen-bond acceptors (Lipinski definition) is 6. The van der Waals surface area contributed by atoms with Gasteiger partial charge in [-0.25, -0.2) is 9.18 Å². The molecular formula is C19H24ClFN2O6. The third-order valence-electron chi connectivity index (χ3n) is 3.80. The first-order valence-electron chi connectivity index (χ1n) is 8.89. The normalized spacial score (nSPS) is 23.1. The van der Waals surface area contributed by atoms with Crippen LogP contribution in [0.1, 0.15) is 37.0 Å². The number of rotatable bonds is 7. The van der Waals surface area contributed by atoms with E-state index in [1.807, 2.05) is 13.8 Å². The monoisotopic (exact) mass is 430 g/mol. The molecule has 0 aliphatic carbocycles. The van der Waals surface area contributed by atoms with Gasteiger partial charge in [-0.05, 0) is 18.2 Å². The Balaban J connectivity index is 0.00000204. The van der Waals surface area contributed by atoms with E-state index >= 15 is 0 Å². The van der Waals surface area contributed by atoms with Gasteiger partial charge in [0.2, 0.25) is 18.2 Å². The van der Waals surface area contributed by atoms with E-state index in [-0.39, 0.29) is 24.8 Å². The highest BCUT2D eigenvalue weighted by Gasteiger charge is 2.53. The molecule has 8 nitrogen and oxygen atoms in total. The zero-order valence-corrected chi connectivity index (χ0v) is 17.1. The maximum atomic E-state index is 14.8. The van der Waals surface area contributed by atoms with Gasteiger partial charge in [-0.3, -0.25) is 19.2 Å². The number of aliphatic hydroxyl groups is 1. The number of ether oxygens (including phenoxy) is 2. The standard InChI is InChI=1S/C17H18ClFN2O6.C2H6/c1-20-14(23)5-8-21(11-22)17(25)7-6-16(19,27-17)10-26-15(24)12-3-2-4-13(18)9-12;1-2/h2-5,8-9,11,25H,6-7,10H2,1H3,(H,20,23);1-2H3/b8-5-;. The second kappa shape index (κ2) is 10.9. The zero-order chi connectivity index (χ0) is 22.1. The van der Waals surface area contributed by atoms with Crippen molar-refractivity contribution >= 4 is 29.9 Å². The molecule has 1 aromatic carbocycles. The van der Waals surface area contributed by atoms with Crippen LogP contribution in [0.4, 0.5) is 4.39 Å². The number of alkyl halides is 1. The van der Waals surface area contributed by atoms with Crippen molar-refractivity contribution < 1.29 is 33.4 Å². The maximum absolute atomic E-state index is 14.8. The number of halogens is 2. The minimum Gasteiger partial charge on any atom is -0.456 e. The maximum Gasteiger partial charge on any atom is 0.338 e. The van der Waals surface area contributed by atoms with Gasteiger partial charge in [-0.1, -0.05) is 31.5 Å². The number of carbonyl (C=O) groups excluding carboxylic acids is 3. The smallest absolute Gasteiger partial charge is 0.338 e. The number of esters is 1. The van der Waals surface area contributed by atoms with Gasteiger partial charge in [0, 0.05) is 37.2 Å². The molecule has 2 atom stereocenters. The predicted molar refractivity (Wildman–Crippen MR) is 103 cm³/mol. The lowest BCUT2D eigenvalue weighted by atomic mass is 10.2. The van der Waals surface area contributed by atoms with Crippen molar-refractivity contribution in [2.24, 2.45) is 0 Å². The summed E-state index contributed by atoms with van der Waals surface area (Å²) in [5.74, 6) is -6.18. The fourth-order valence-corrected chi connectivity index (χ4v) is 2.56. The third-order valence-corrected chi connectivity index (χ3v) is 4.03. The molecule has 1 aliphatic heterocycles. The van der Waals surface area contributed by atoms with Crippen LogP contribution in [0.2, 0.25) is 5.02 Å². The van der Waals surface area contributed by atoms with Crippen LogP contribution in [0.25, 0.3) is 0 Å². The lowest BCUT2D eigenvalue weighted by molar-refractivity contribution is -0.312. The van der Waals surface area contributed by atoms with Crippen LogP contribution < -0.4 is 5.32 Å². The Morgan fingerprint density at radius 3 is 2.69 bits per heavy atom. The zero-order valence-electron chi connectivity index (χ0n) is 16.4. The highest BCUT2D eigenvalue weighted by atomic mass is 35.5. The lowest BCUT2D eigenvalue weighted by Crippen LogP contribution is -2.47. The molecule has 0 aromatic heterocycles. The topological polar surface area (TPSA) is 105 Å². The Morgan fingerprint density at radius 1 is 1.41 bits per heavy atom. The molecule has 2 unspecified atom stereocenters. The highest BCUT2D eigenvalue weighted by Crippen LogP contribution is 2.39. The third kappa shape index (κ3) is 6.81. The minimum atomic E-state index is -2.51. The van der Waals surface area contributed by atoms with Crippen molar-refractivity contribution in [2.75, 3.05) is 13.7 Å². The SMILES string of the molecule is CC.CNC(=O)/C=C\N(C=O)C1(O)CCC(F)(COC(=O)c2cccc(Cl)c2)O1. The first kappa shape index (κ1) is 24.5. The summed E-state index contributed by atoms with van der Waals surface area (Å²) in [6.45, 7) is 3.20. The van der Waals surface area contributed by atoms with Gasteiger partial charge >= 0.3 is 5.97 Å². The van der Waals surface area contributed by atoms with Crippen molar-refractivity contribution in [1.82, 2.24) is 10.2 Å². The molecule has 29 heavy (non-hydrogen) atoms. The second-order valence-electron chi connectivity index (χ2n) is 5.76. The number of amides is 2. The van der Waals surface area contributed by atoms with E-state index in [2.05, 4.69) is 5.32 Å². The summed E-state index contributed by atoms with van der Waals surface area (Å²) >= 11 is 5.78. The minimum absolute atomic E-state index is 0.127. The molecule has 160 valence electrons. The molecule has 2 rings (SSSR count). The van der Waals surface area contributed by atoms with Gasteiger partial charge in [0.05, 0.1) is 5.56 Å². The van der Waals surface area contributed by atoms with Crippen LogP contribution >= 0.6 is 11.6 Å². The molecule has 1 saturated heterocycles. The van der Waals surface area contributed by atoms with Crippen LogP contribution in [0.5, 0.6) is 0 Å². The molecular weight excluding hydrogens is 407 g/mol. The van der Waals surface area contributed by atoms with E-state index in [9.17, 15) is 23.9 Å². The second-order valence-corrected chi connectivity index (χ2v) is 6.19. The summed E-state index contributed by atoms with van der Waals surface area (Å²) in [6, 6.07) is 5.91. The molecule has 1 aromatic rings. The van der Waals surface area contributed by atoms with Crippen molar-refractivity contribution in [2.45, 2.75) is 38.5 Å². The molecule has 2 N–H and O–H groups in total. The number of likely N-dealkylation sites (N-methyl/N-ethyl adjacent to an activating group) is 1. The van der Waals surface area contributed by atoms with Crippen molar-refractivity contribution in [1.29, 1.82) is 0 Å². The van der Waals surface area contributed by atoms with E-state index in [0.29, 0.717) is 9.92 Å². The molecule has 0 radical (unpaired) electrons. The quantitative estimate of drug-likeness (QED) is 0.298. The first-order valence-corrected chi connectivity index (χ1v) is 9.27. The fraction of sp³-hybridized carbons (Fsp3) is 0.421. The summed E-state index contributed by atoms with van der Waals surface area (Å²) in [6.07, 6.45) is 1.46. The molecule has 0 bridgehead atoms.